The van der Waals surface area contributed by atoms with Crippen LogP contribution >= 0.6 is 0 Å². The van der Waals surface area contributed by atoms with Gasteiger partial charge in [0.1, 0.15) is 11.5 Å². The third kappa shape index (κ3) is 3.16. The van der Waals surface area contributed by atoms with Crippen LogP contribution in [0.5, 0.6) is 0 Å². The SMILES string of the molecule is CCc1ccc(C2CC(C)CCN2C(=O)c2c[nH]c(=O)cc2C)o1. The van der Waals surface area contributed by atoms with E-state index in [9.17, 15) is 9.59 Å². The van der Waals surface area contributed by atoms with Crippen molar-refractivity contribution in [2.24, 2.45) is 5.92 Å². The summed E-state index contributed by atoms with van der Waals surface area (Å²) in [5.74, 6) is 2.30. The van der Waals surface area contributed by atoms with Gasteiger partial charge in [0.2, 0.25) is 5.56 Å². The number of rotatable bonds is 3. The smallest absolute Gasteiger partial charge is 0.256 e. The summed E-state index contributed by atoms with van der Waals surface area (Å²) in [5.41, 5.74) is 1.07. The lowest BCUT2D eigenvalue weighted by Gasteiger charge is -2.37. The van der Waals surface area contributed by atoms with Gasteiger partial charge < -0.3 is 14.3 Å². The van der Waals surface area contributed by atoms with Gasteiger partial charge >= 0.3 is 0 Å². The molecule has 0 aromatic carbocycles. The Morgan fingerprint density at radius 1 is 1.42 bits per heavy atom. The van der Waals surface area contributed by atoms with Crippen LogP contribution in [0, 0.1) is 12.8 Å². The van der Waals surface area contributed by atoms with Crippen LogP contribution < -0.4 is 5.56 Å². The molecule has 128 valence electrons. The topological polar surface area (TPSA) is 66.3 Å². The number of aromatic nitrogens is 1. The molecule has 1 amide bonds. The number of piperidine rings is 1. The zero-order valence-electron chi connectivity index (χ0n) is 14.5. The Hall–Kier alpha value is -2.30. The highest BCUT2D eigenvalue weighted by Crippen LogP contribution is 2.36. The first-order valence-corrected chi connectivity index (χ1v) is 8.58. The first-order chi connectivity index (χ1) is 11.5. The average molecular weight is 328 g/mol. The number of hydrogen-bond acceptors (Lipinski definition) is 3. The van der Waals surface area contributed by atoms with Crippen LogP contribution in [0.2, 0.25) is 0 Å². The number of nitrogens with zero attached hydrogens (tertiary/aromatic N) is 1. The zero-order valence-corrected chi connectivity index (χ0v) is 14.5. The normalized spacial score (nSPS) is 21.0. The van der Waals surface area contributed by atoms with Crippen LogP contribution in [0.4, 0.5) is 0 Å². The molecule has 3 heterocycles. The molecule has 1 N–H and O–H groups in total. The van der Waals surface area contributed by atoms with Gasteiger partial charge in [-0.25, -0.2) is 0 Å². The van der Waals surface area contributed by atoms with Crippen LogP contribution in [0.3, 0.4) is 0 Å². The molecule has 0 saturated carbocycles. The van der Waals surface area contributed by atoms with Crippen molar-refractivity contribution in [1.82, 2.24) is 9.88 Å². The van der Waals surface area contributed by atoms with E-state index in [-0.39, 0.29) is 17.5 Å². The van der Waals surface area contributed by atoms with Crippen LogP contribution in [-0.4, -0.2) is 22.3 Å². The molecule has 3 rings (SSSR count). The highest BCUT2D eigenvalue weighted by molar-refractivity contribution is 5.95. The van der Waals surface area contributed by atoms with Crippen molar-refractivity contribution in [3.05, 3.63) is 57.4 Å². The molecule has 0 spiro atoms. The molecule has 5 heteroatoms. The second-order valence-corrected chi connectivity index (χ2v) is 6.70. The number of pyridine rings is 1. The van der Waals surface area contributed by atoms with Crippen LogP contribution in [0.25, 0.3) is 0 Å². The van der Waals surface area contributed by atoms with E-state index >= 15 is 0 Å². The van der Waals surface area contributed by atoms with Gasteiger partial charge in [-0.3, -0.25) is 9.59 Å². The molecule has 0 aliphatic carbocycles. The number of aromatic amines is 1. The number of nitrogens with one attached hydrogen (secondary N) is 1. The van der Waals surface area contributed by atoms with Gasteiger partial charge in [0.25, 0.3) is 5.91 Å². The number of likely N-dealkylation sites (tertiary alicyclic amines) is 1. The highest BCUT2D eigenvalue weighted by Gasteiger charge is 2.34. The maximum atomic E-state index is 13.1. The van der Waals surface area contributed by atoms with Gasteiger partial charge in [-0.05, 0) is 43.4 Å². The average Bonchev–Trinajstić information content (AvgIpc) is 3.03. The van der Waals surface area contributed by atoms with Crippen molar-refractivity contribution in [1.29, 1.82) is 0 Å². The maximum absolute atomic E-state index is 13.1. The summed E-state index contributed by atoms with van der Waals surface area (Å²) in [5, 5.41) is 0. The summed E-state index contributed by atoms with van der Waals surface area (Å²) in [7, 11) is 0. The number of aryl methyl sites for hydroxylation is 2. The molecular weight excluding hydrogens is 304 g/mol. The van der Waals surface area contributed by atoms with E-state index in [1.165, 1.54) is 12.3 Å². The zero-order chi connectivity index (χ0) is 17.3. The second-order valence-electron chi connectivity index (χ2n) is 6.70. The first kappa shape index (κ1) is 16.6. The van der Waals surface area contributed by atoms with Crippen molar-refractivity contribution in [2.75, 3.05) is 6.54 Å². The number of hydrogen-bond donors (Lipinski definition) is 1. The molecule has 5 nitrogen and oxygen atoms in total. The Bertz CT molecular complexity index is 790. The standard InChI is InChI=1S/C19H24N2O3/c1-4-14-5-6-17(24-14)16-9-12(2)7-8-21(16)19(23)15-11-20-18(22)10-13(15)3/h5-6,10-12,16H,4,7-9H2,1-3H3,(H,20,22). The molecule has 24 heavy (non-hydrogen) atoms. The monoisotopic (exact) mass is 328 g/mol. The van der Waals surface area contributed by atoms with Crippen molar-refractivity contribution in [2.45, 2.75) is 46.1 Å². The molecule has 1 fully saturated rings. The number of H-pyrrole nitrogens is 1. The number of amides is 1. The molecule has 0 radical (unpaired) electrons. The van der Waals surface area contributed by atoms with E-state index < -0.39 is 0 Å². The van der Waals surface area contributed by atoms with E-state index in [0.29, 0.717) is 23.6 Å². The summed E-state index contributed by atoms with van der Waals surface area (Å²) in [6.07, 6.45) is 4.24. The van der Waals surface area contributed by atoms with E-state index in [1.807, 2.05) is 17.0 Å². The van der Waals surface area contributed by atoms with Gasteiger partial charge in [-0.2, -0.15) is 0 Å². The lowest BCUT2D eigenvalue weighted by atomic mass is 9.90. The third-order valence-corrected chi connectivity index (χ3v) is 4.85. The number of carbonyl (C=O) groups excluding carboxylic acids is 1. The largest absolute Gasteiger partial charge is 0.464 e. The Labute approximate surface area is 141 Å². The minimum Gasteiger partial charge on any atom is -0.464 e. The lowest BCUT2D eigenvalue weighted by Crippen LogP contribution is -2.41. The molecular formula is C19H24N2O3. The van der Waals surface area contributed by atoms with Crippen molar-refractivity contribution >= 4 is 5.91 Å². The van der Waals surface area contributed by atoms with Crippen LogP contribution in [0.15, 0.2) is 33.6 Å². The van der Waals surface area contributed by atoms with Crippen molar-refractivity contribution < 1.29 is 9.21 Å². The summed E-state index contributed by atoms with van der Waals surface area (Å²) in [6.45, 7) is 6.76. The number of carbonyl (C=O) groups is 1. The van der Waals surface area contributed by atoms with E-state index in [4.69, 9.17) is 4.42 Å². The fraction of sp³-hybridized carbons (Fsp3) is 0.474. The summed E-state index contributed by atoms with van der Waals surface area (Å²) in [6, 6.07) is 5.40. The quantitative estimate of drug-likeness (QED) is 0.938. The van der Waals surface area contributed by atoms with Gasteiger partial charge in [-0.15, -0.1) is 0 Å². The van der Waals surface area contributed by atoms with Gasteiger partial charge in [0, 0.05) is 25.2 Å². The van der Waals surface area contributed by atoms with Gasteiger partial charge in [-0.1, -0.05) is 13.8 Å². The predicted octanol–water partition coefficient (Wildman–Crippen LogP) is 3.45. The molecule has 2 atom stereocenters. The number of furan rings is 1. The summed E-state index contributed by atoms with van der Waals surface area (Å²) < 4.78 is 5.93. The Morgan fingerprint density at radius 3 is 2.88 bits per heavy atom. The van der Waals surface area contributed by atoms with Crippen molar-refractivity contribution in [3.63, 3.8) is 0 Å². The lowest BCUT2D eigenvalue weighted by molar-refractivity contribution is 0.0517. The van der Waals surface area contributed by atoms with Crippen LogP contribution in [-0.2, 0) is 6.42 Å². The van der Waals surface area contributed by atoms with E-state index in [2.05, 4.69) is 18.8 Å². The Kier molecular flexibility index (Phi) is 4.60. The minimum atomic E-state index is -0.188. The Balaban J connectivity index is 1.93. The first-order valence-electron chi connectivity index (χ1n) is 8.58. The van der Waals surface area contributed by atoms with Gasteiger partial charge in [0.05, 0.1) is 11.6 Å². The molecule has 2 aromatic rings. The molecule has 0 bridgehead atoms. The van der Waals surface area contributed by atoms with Crippen LogP contribution in [0.1, 0.15) is 60.2 Å². The molecule has 1 saturated heterocycles. The van der Waals surface area contributed by atoms with Crippen molar-refractivity contribution in [3.8, 4) is 0 Å². The van der Waals surface area contributed by atoms with Gasteiger partial charge in [0.15, 0.2) is 0 Å². The highest BCUT2D eigenvalue weighted by atomic mass is 16.3. The molecule has 1 aliphatic rings. The predicted molar refractivity (Wildman–Crippen MR) is 92.1 cm³/mol. The fourth-order valence-electron chi connectivity index (χ4n) is 3.38. The Morgan fingerprint density at radius 2 is 2.21 bits per heavy atom. The summed E-state index contributed by atoms with van der Waals surface area (Å²) in [4.78, 5) is 29.0. The van der Waals surface area contributed by atoms with E-state index in [1.54, 1.807) is 6.92 Å². The fourth-order valence-corrected chi connectivity index (χ4v) is 3.38. The van der Waals surface area contributed by atoms with E-state index in [0.717, 1.165) is 30.8 Å². The molecule has 1 aliphatic heterocycles. The molecule has 2 unspecified atom stereocenters. The third-order valence-electron chi connectivity index (χ3n) is 4.85. The molecule has 2 aromatic heterocycles. The maximum Gasteiger partial charge on any atom is 0.256 e. The minimum absolute atomic E-state index is 0.0462. The second kappa shape index (κ2) is 6.67. The summed E-state index contributed by atoms with van der Waals surface area (Å²) >= 11 is 0.